The third kappa shape index (κ3) is 3.94. The number of nitriles is 1. The molecule has 1 rings (SSSR count). The predicted molar refractivity (Wildman–Crippen MR) is 65.5 cm³/mol. The molecule has 0 aliphatic heterocycles. The van der Waals surface area contributed by atoms with Crippen LogP contribution in [0.25, 0.3) is 0 Å². The topological polar surface area (TPSA) is 33.0 Å². The number of ether oxygens (including phenoxy) is 1. The van der Waals surface area contributed by atoms with Gasteiger partial charge in [0.2, 0.25) is 0 Å². The molecule has 0 saturated carbocycles. The second kappa shape index (κ2) is 5.03. The molecule has 16 heavy (non-hydrogen) atoms. The zero-order valence-electron chi connectivity index (χ0n) is 10.5. The average Bonchev–Trinajstić information content (AvgIpc) is 2.16. The van der Waals surface area contributed by atoms with Crippen LogP contribution in [0.1, 0.15) is 38.3 Å². The van der Waals surface area contributed by atoms with E-state index in [1.807, 2.05) is 25.1 Å². The van der Waals surface area contributed by atoms with Crippen LogP contribution in [0.4, 0.5) is 0 Å². The number of rotatable bonds is 3. The molecule has 2 heteroatoms. The fourth-order valence-electron chi connectivity index (χ4n) is 1.31. The highest BCUT2D eigenvalue weighted by molar-refractivity contribution is 5.44. The Hall–Kier alpha value is -1.49. The Morgan fingerprint density at radius 2 is 2.00 bits per heavy atom. The number of nitrogens with zero attached hydrogens (tertiary/aromatic N) is 1. The predicted octanol–water partition coefficient (Wildman–Crippen LogP) is 3.68. The summed E-state index contributed by atoms with van der Waals surface area (Å²) in [5, 5.41) is 8.94. The van der Waals surface area contributed by atoms with Crippen molar-refractivity contribution in [1.82, 2.24) is 0 Å². The van der Waals surface area contributed by atoms with E-state index >= 15 is 0 Å². The average molecular weight is 217 g/mol. The van der Waals surface area contributed by atoms with Crippen molar-refractivity contribution in [3.63, 3.8) is 0 Å². The molecule has 0 unspecified atom stereocenters. The van der Waals surface area contributed by atoms with Crippen LogP contribution in [0.5, 0.6) is 5.75 Å². The molecule has 0 saturated heterocycles. The highest BCUT2D eigenvalue weighted by Gasteiger charge is 2.11. The van der Waals surface area contributed by atoms with Crippen LogP contribution in [0, 0.1) is 23.7 Å². The normalized spacial score (nSPS) is 10.9. The van der Waals surface area contributed by atoms with Crippen molar-refractivity contribution in [2.45, 2.75) is 34.1 Å². The van der Waals surface area contributed by atoms with E-state index in [0.717, 1.165) is 12.0 Å². The molecule has 0 atom stereocenters. The van der Waals surface area contributed by atoms with Crippen LogP contribution in [-0.4, -0.2) is 6.61 Å². The molecule has 0 N–H and O–H groups in total. The molecule has 2 nitrogen and oxygen atoms in total. The molecule has 0 radical (unpaired) electrons. The quantitative estimate of drug-likeness (QED) is 0.773. The minimum Gasteiger partial charge on any atom is -0.492 e. The van der Waals surface area contributed by atoms with Crippen molar-refractivity contribution in [2.24, 2.45) is 5.41 Å². The van der Waals surface area contributed by atoms with E-state index in [2.05, 4.69) is 26.8 Å². The first kappa shape index (κ1) is 12.6. The van der Waals surface area contributed by atoms with Crippen LogP contribution >= 0.6 is 0 Å². The van der Waals surface area contributed by atoms with Crippen LogP contribution < -0.4 is 4.74 Å². The largest absolute Gasteiger partial charge is 0.492 e. The van der Waals surface area contributed by atoms with Crippen LogP contribution in [0.3, 0.4) is 0 Å². The van der Waals surface area contributed by atoms with Gasteiger partial charge in [0.05, 0.1) is 12.2 Å². The number of hydrogen-bond donors (Lipinski definition) is 0. The molecule has 1 aromatic rings. The smallest absolute Gasteiger partial charge is 0.137 e. The molecule has 0 heterocycles. The summed E-state index contributed by atoms with van der Waals surface area (Å²) in [7, 11) is 0. The first-order chi connectivity index (χ1) is 7.42. The Bertz CT molecular complexity index is 396. The molecular weight excluding hydrogens is 198 g/mol. The number of benzene rings is 1. The maximum absolute atomic E-state index is 8.94. The van der Waals surface area contributed by atoms with Gasteiger partial charge in [-0.3, -0.25) is 0 Å². The molecule has 0 amide bonds. The monoisotopic (exact) mass is 217 g/mol. The SMILES string of the molecule is Cc1ccc(C#N)c(OCCC(C)(C)C)c1. The maximum Gasteiger partial charge on any atom is 0.137 e. The molecule has 0 aromatic heterocycles. The molecule has 0 bridgehead atoms. The third-order valence-corrected chi connectivity index (χ3v) is 2.37. The minimum atomic E-state index is 0.261. The molecule has 0 spiro atoms. The van der Waals surface area contributed by atoms with Gasteiger partial charge in [0.1, 0.15) is 11.8 Å². The fraction of sp³-hybridized carbons (Fsp3) is 0.500. The van der Waals surface area contributed by atoms with Crippen molar-refractivity contribution < 1.29 is 4.74 Å². The van der Waals surface area contributed by atoms with Gasteiger partial charge in [-0.05, 0) is 36.5 Å². The molecule has 86 valence electrons. The van der Waals surface area contributed by atoms with E-state index in [4.69, 9.17) is 10.00 Å². The van der Waals surface area contributed by atoms with Gasteiger partial charge in [0.25, 0.3) is 0 Å². The van der Waals surface area contributed by atoms with Crippen molar-refractivity contribution in [3.05, 3.63) is 29.3 Å². The molecule has 0 aliphatic rings. The number of aryl methyl sites for hydroxylation is 1. The second-order valence-corrected chi connectivity index (χ2v) is 5.27. The van der Waals surface area contributed by atoms with Gasteiger partial charge in [0, 0.05) is 0 Å². The fourth-order valence-corrected chi connectivity index (χ4v) is 1.31. The third-order valence-electron chi connectivity index (χ3n) is 2.37. The van der Waals surface area contributed by atoms with Crippen LogP contribution in [-0.2, 0) is 0 Å². The van der Waals surface area contributed by atoms with E-state index in [0.29, 0.717) is 17.9 Å². The standard InChI is InChI=1S/C14H19NO/c1-11-5-6-12(10-15)13(9-11)16-8-7-14(2,3)4/h5-6,9H,7-8H2,1-4H3. The Balaban J connectivity index is 2.67. The lowest BCUT2D eigenvalue weighted by atomic mass is 9.93. The van der Waals surface area contributed by atoms with Crippen molar-refractivity contribution >= 4 is 0 Å². The second-order valence-electron chi connectivity index (χ2n) is 5.27. The van der Waals surface area contributed by atoms with E-state index < -0.39 is 0 Å². The summed E-state index contributed by atoms with van der Waals surface area (Å²) in [6.45, 7) is 9.19. The summed E-state index contributed by atoms with van der Waals surface area (Å²) in [6.07, 6.45) is 0.978. The summed E-state index contributed by atoms with van der Waals surface area (Å²) in [5.41, 5.74) is 1.99. The minimum absolute atomic E-state index is 0.261. The van der Waals surface area contributed by atoms with Crippen molar-refractivity contribution in [2.75, 3.05) is 6.61 Å². The Labute approximate surface area is 97.9 Å². The van der Waals surface area contributed by atoms with Gasteiger partial charge in [0.15, 0.2) is 0 Å². The molecule has 0 fully saturated rings. The highest BCUT2D eigenvalue weighted by atomic mass is 16.5. The summed E-state index contributed by atoms with van der Waals surface area (Å²) in [6, 6.07) is 7.80. The van der Waals surface area contributed by atoms with Gasteiger partial charge in [-0.15, -0.1) is 0 Å². The molecule has 0 aliphatic carbocycles. The first-order valence-electron chi connectivity index (χ1n) is 5.56. The van der Waals surface area contributed by atoms with Gasteiger partial charge >= 0.3 is 0 Å². The first-order valence-corrected chi connectivity index (χ1v) is 5.56. The molecular formula is C14H19NO. The summed E-state index contributed by atoms with van der Waals surface area (Å²) in [4.78, 5) is 0. The van der Waals surface area contributed by atoms with Crippen molar-refractivity contribution in [1.29, 1.82) is 5.26 Å². The zero-order chi connectivity index (χ0) is 12.2. The highest BCUT2D eigenvalue weighted by Crippen LogP contribution is 2.22. The Morgan fingerprint density at radius 1 is 1.31 bits per heavy atom. The lowest BCUT2D eigenvalue weighted by Crippen LogP contribution is -2.11. The van der Waals surface area contributed by atoms with Gasteiger partial charge in [-0.1, -0.05) is 26.8 Å². The van der Waals surface area contributed by atoms with Gasteiger partial charge in [-0.2, -0.15) is 5.26 Å². The van der Waals surface area contributed by atoms with Gasteiger partial charge in [-0.25, -0.2) is 0 Å². The van der Waals surface area contributed by atoms with Crippen molar-refractivity contribution in [3.8, 4) is 11.8 Å². The summed E-state index contributed by atoms with van der Waals surface area (Å²) in [5.74, 6) is 0.701. The Morgan fingerprint density at radius 3 is 2.56 bits per heavy atom. The lowest BCUT2D eigenvalue weighted by molar-refractivity contribution is 0.242. The van der Waals surface area contributed by atoms with Crippen LogP contribution in [0.2, 0.25) is 0 Å². The summed E-state index contributed by atoms with van der Waals surface area (Å²) >= 11 is 0. The van der Waals surface area contributed by atoms with E-state index in [1.54, 1.807) is 0 Å². The van der Waals surface area contributed by atoms with E-state index in [9.17, 15) is 0 Å². The lowest BCUT2D eigenvalue weighted by Gasteiger charge is -2.18. The van der Waals surface area contributed by atoms with E-state index in [-0.39, 0.29) is 5.41 Å². The Kier molecular flexibility index (Phi) is 3.95. The maximum atomic E-state index is 8.94. The summed E-state index contributed by atoms with van der Waals surface area (Å²) < 4.78 is 5.66. The van der Waals surface area contributed by atoms with Crippen LogP contribution in [0.15, 0.2) is 18.2 Å². The molecule has 1 aromatic carbocycles. The number of hydrogen-bond acceptors (Lipinski definition) is 2. The van der Waals surface area contributed by atoms with Gasteiger partial charge < -0.3 is 4.74 Å². The zero-order valence-corrected chi connectivity index (χ0v) is 10.5. The van der Waals surface area contributed by atoms with E-state index in [1.165, 1.54) is 0 Å².